The van der Waals surface area contributed by atoms with Crippen LogP contribution < -0.4 is 4.74 Å². The second-order valence-electron chi connectivity index (χ2n) is 2.54. The van der Waals surface area contributed by atoms with Crippen molar-refractivity contribution >= 4 is 6.16 Å². The molecule has 4 nitrogen and oxygen atoms in total. The lowest BCUT2D eigenvalue weighted by atomic mass is 10.3. The Morgan fingerprint density at radius 2 is 1.93 bits per heavy atom. The molecular formula is C10H11FO4. The summed E-state index contributed by atoms with van der Waals surface area (Å²) in [7, 11) is 0. The van der Waals surface area contributed by atoms with E-state index in [4.69, 9.17) is 4.74 Å². The molecule has 0 aliphatic carbocycles. The van der Waals surface area contributed by atoms with Crippen molar-refractivity contribution in [2.24, 2.45) is 0 Å². The fraction of sp³-hybridized carbons (Fsp3) is 0.300. The molecule has 82 valence electrons. The lowest BCUT2D eigenvalue weighted by Crippen LogP contribution is -2.11. The van der Waals surface area contributed by atoms with Crippen LogP contribution in [-0.2, 0) is 9.47 Å². The van der Waals surface area contributed by atoms with Crippen LogP contribution in [0.2, 0.25) is 0 Å². The number of benzene rings is 1. The zero-order valence-electron chi connectivity index (χ0n) is 8.23. The molecular weight excluding hydrogens is 203 g/mol. The summed E-state index contributed by atoms with van der Waals surface area (Å²) >= 11 is 0. The number of hydrogen-bond acceptors (Lipinski definition) is 4. The summed E-state index contributed by atoms with van der Waals surface area (Å²) in [4.78, 5) is 10.7. The van der Waals surface area contributed by atoms with E-state index < -0.39 is 6.16 Å². The Labute approximate surface area is 86.6 Å². The predicted octanol–water partition coefficient (Wildman–Crippen LogP) is 2.34. The maximum absolute atomic E-state index is 12.5. The molecule has 0 aliphatic heterocycles. The molecule has 0 unspecified atom stereocenters. The van der Waals surface area contributed by atoms with E-state index in [1.807, 2.05) is 0 Å². The highest BCUT2D eigenvalue weighted by atomic mass is 19.1. The van der Waals surface area contributed by atoms with E-state index in [-0.39, 0.29) is 19.2 Å². The first-order valence-electron chi connectivity index (χ1n) is 4.40. The maximum Gasteiger partial charge on any atom is 0.511 e. The molecule has 1 aromatic carbocycles. The second-order valence-corrected chi connectivity index (χ2v) is 2.54. The predicted molar refractivity (Wildman–Crippen MR) is 50.0 cm³/mol. The summed E-state index contributed by atoms with van der Waals surface area (Å²) in [6.45, 7) is 1.65. The molecule has 5 heteroatoms. The fourth-order valence-electron chi connectivity index (χ4n) is 0.836. The molecule has 0 aliphatic rings. The minimum absolute atomic E-state index is 0.245. The molecule has 0 spiro atoms. The van der Waals surface area contributed by atoms with Gasteiger partial charge in [-0.15, -0.1) is 0 Å². The SMILES string of the molecule is CCOC(=O)OCOc1ccc(F)cc1. The number of carbonyl (C=O) groups excluding carboxylic acids is 1. The first-order chi connectivity index (χ1) is 7.22. The van der Waals surface area contributed by atoms with E-state index in [0.29, 0.717) is 5.75 Å². The molecule has 0 amide bonds. The van der Waals surface area contributed by atoms with Crippen LogP contribution in [0.15, 0.2) is 24.3 Å². The summed E-state index contributed by atoms with van der Waals surface area (Å²) in [5, 5.41) is 0. The van der Waals surface area contributed by atoms with E-state index in [1.54, 1.807) is 6.92 Å². The zero-order chi connectivity index (χ0) is 11.1. The van der Waals surface area contributed by atoms with Crippen molar-refractivity contribution in [2.75, 3.05) is 13.4 Å². The second kappa shape index (κ2) is 5.85. The summed E-state index contributed by atoms with van der Waals surface area (Å²) in [5.74, 6) is 0.0642. The van der Waals surface area contributed by atoms with Gasteiger partial charge in [0.15, 0.2) is 0 Å². The van der Waals surface area contributed by atoms with E-state index >= 15 is 0 Å². The van der Waals surface area contributed by atoms with Crippen molar-refractivity contribution in [3.63, 3.8) is 0 Å². The van der Waals surface area contributed by atoms with Gasteiger partial charge in [0.2, 0.25) is 6.79 Å². The van der Waals surface area contributed by atoms with E-state index in [0.717, 1.165) is 0 Å². The lowest BCUT2D eigenvalue weighted by Gasteiger charge is -2.06. The van der Waals surface area contributed by atoms with Crippen molar-refractivity contribution < 1.29 is 23.4 Å². The molecule has 0 heterocycles. The fourth-order valence-corrected chi connectivity index (χ4v) is 0.836. The van der Waals surface area contributed by atoms with E-state index in [1.165, 1.54) is 24.3 Å². The third kappa shape index (κ3) is 4.30. The summed E-state index contributed by atoms with van der Waals surface area (Å²) in [5.41, 5.74) is 0. The molecule has 0 fully saturated rings. The summed E-state index contributed by atoms with van der Waals surface area (Å²) in [6.07, 6.45) is -0.792. The topological polar surface area (TPSA) is 44.8 Å². The monoisotopic (exact) mass is 214 g/mol. The van der Waals surface area contributed by atoms with Crippen molar-refractivity contribution in [1.29, 1.82) is 0 Å². The highest BCUT2D eigenvalue weighted by molar-refractivity contribution is 5.59. The minimum atomic E-state index is -0.792. The van der Waals surface area contributed by atoms with Gasteiger partial charge in [0.1, 0.15) is 11.6 Å². The minimum Gasteiger partial charge on any atom is -0.457 e. The molecule has 0 atom stereocenters. The largest absolute Gasteiger partial charge is 0.511 e. The van der Waals surface area contributed by atoms with Crippen LogP contribution in [0, 0.1) is 5.82 Å². The van der Waals surface area contributed by atoms with Gasteiger partial charge in [-0.05, 0) is 31.2 Å². The quantitative estimate of drug-likeness (QED) is 0.570. The van der Waals surface area contributed by atoms with Gasteiger partial charge in [0, 0.05) is 0 Å². The molecule has 0 saturated heterocycles. The van der Waals surface area contributed by atoms with Crippen LogP contribution in [-0.4, -0.2) is 19.6 Å². The number of ether oxygens (including phenoxy) is 3. The van der Waals surface area contributed by atoms with Gasteiger partial charge in [-0.3, -0.25) is 0 Å². The maximum atomic E-state index is 12.5. The van der Waals surface area contributed by atoms with E-state index in [2.05, 4.69) is 9.47 Å². The molecule has 0 N–H and O–H groups in total. The van der Waals surface area contributed by atoms with Gasteiger partial charge >= 0.3 is 6.16 Å². The lowest BCUT2D eigenvalue weighted by molar-refractivity contribution is 0.00685. The van der Waals surface area contributed by atoms with Gasteiger partial charge in [-0.1, -0.05) is 0 Å². The van der Waals surface area contributed by atoms with Crippen LogP contribution in [0.1, 0.15) is 6.92 Å². The smallest absolute Gasteiger partial charge is 0.457 e. The van der Waals surface area contributed by atoms with Crippen molar-refractivity contribution in [1.82, 2.24) is 0 Å². The highest BCUT2D eigenvalue weighted by Gasteiger charge is 2.01. The van der Waals surface area contributed by atoms with Crippen LogP contribution in [0.5, 0.6) is 5.75 Å². The Morgan fingerprint density at radius 1 is 1.27 bits per heavy atom. The van der Waals surface area contributed by atoms with Crippen LogP contribution in [0.25, 0.3) is 0 Å². The summed E-state index contributed by atoms with van der Waals surface area (Å²) < 4.78 is 26.5. The van der Waals surface area contributed by atoms with Gasteiger partial charge in [0.25, 0.3) is 0 Å². The van der Waals surface area contributed by atoms with Gasteiger partial charge < -0.3 is 14.2 Å². The highest BCUT2D eigenvalue weighted by Crippen LogP contribution is 2.10. The molecule has 0 bridgehead atoms. The normalized spacial score (nSPS) is 9.47. The first kappa shape index (κ1) is 11.3. The number of rotatable bonds is 4. The average Bonchev–Trinajstić information content (AvgIpc) is 2.21. The Morgan fingerprint density at radius 3 is 2.53 bits per heavy atom. The van der Waals surface area contributed by atoms with Crippen molar-refractivity contribution in [3.8, 4) is 5.75 Å². The molecule has 0 saturated carbocycles. The van der Waals surface area contributed by atoms with Gasteiger partial charge in [0.05, 0.1) is 6.61 Å². The average molecular weight is 214 g/mol. The van der Waals surface area contributed by atoms with Crippen molar-refractivity contribution in [2.45, 2.75) is 6.92 Å². The first-order valence-corrected chi connectivity index (χ1v) is 4.40. The van der Waals surface area contributed by atoms with Crippen LogP contribution in [0.3, 0.4) is 0 Å². The molecule has 15 heavy (non-hydrogen) atoms. The third-order valence-corrected chi connectivity index (χ3v) is 1.48. The molecule has 0 radical (unpaired) electrons. The third-order valence-electron chi connectivity index (χ3n) is 1.48. The molecule has 1 aromatic rings. The van der Waals surface area contributed by atoms with E-state index in [9.17, 15) is 9.18 Å². The Kier molecular flexibility index (Phi) is 4.40. The van der Waals surface area contributed by atoms with Gasteiger partial charge in [-0.2, -0.15) is 0 Å². The molecule has 0 aromatic heterocycles. The Balaban J connectivity index is 2.26. The number of hydrogen-bond donors (Lipinski definition) is 0. The summed E-state index contributed by atoms with van der Waals surface area (Å²) in [6, 6.07) is 5.37. The van der Waals surface area contributed by atoms with Crippen LogP contribution in [0.4, 0.5) is 9.18 Å². The van der Waals surface area contributed by atoms with Crippen molar-refractivity contribution in [3.05, 3.63) is 30.1 Å². The Bertz CT molecular complexity index is 310. The van der Waals surface area contributed by atoms with Crippen LogP contribution >= 0.6 is 0 Å². The Hall–Kier alpha value is -1.78. The number of carbonyl (C=O) groups is 1. The van der Waals surface area contributed by atoms with Gasteiger partial charge in [-0.25, -0.2) is 9.18 Å². The molecule has 1 rings (SSSR count). The number of halogens is 1. The standard InChI is InChI=1S/C10H11FO4/c1-2-13-10(12)15-7-14-9-5-3-8(11)4-6-9/h3-6H,2,7H2,1H3. The zero-order valence-corrected chi connectivity index (χ0v) is 8.23.